The van der Waals surface area contributed by atoms with Gasteiger partial charge in [-0.25, -0.2) is 0 Å². The summed E-state index contributed by atoms with van der Waals surface area (Å²) in [6.07, 6.45) is 1.93. The predicted molar refractivity (Wildman–Crippen MR) is 63.9 cm³/mol. The van der Waals surface area contributed by atoms with E-state index in [0.29, 0.717) is 12.5 Å². The maximum atomic E-state index is 5.46. The molecule has 0 N–H and O–H groups in total. The summed E-state index contributed by atoms with van der Waals surface area (Å²) in [5, 5.41) is 0. The average molecular weight is 255 g/mol. The van der Waals surface area contributed by atoms with Crippen molar-refractivity contribution in [2.75, 3.05) is 6.61 Å². The van der Waals surface area contributed by atoms with Gasteiger partial charge in [0.15, 0.2) is 0 Å². The summed E-state index contributed by atoms with van der Waals surface area (Å²) < 4.78 is 6.51. The molecule has 1 atom stereocenters. The van der Waals surface area contributed by atoms with Gasteiger partial charge in [-0.05, 0) is 36.6 Å². The van der Waals surface area contributed by atoms with Gasteiger partial charge in [0.1, 0.15) is 5.75 Å². The maximum Gasteiger partial charge on any atom is 0.120 e. The molecule has 0 aliphatic carbocycles. The number of benzene rings is 1. The van der Waals surface area contributed by atoms with Crippen molar-refractivity contribution in [1.82, 2.24) is 0 Å². The molecule has 1 aromatic carbocycles. The summed E-state index contributed by atoms with van der Waals surface area (Å²) in [6, 6.07) is 6.12. The Bertz CT molecular complexity index is 320. The van der Waals surface area contributed by atoms with Gasteiger partial charge in [-0.15, -0.1) is 6.58 Å². The van der Waals surface area contributed by atoms with E-state index in [-0.39, 0.29) is 0 Å². The van der Waals surface area contributed by atoms with Crippen LogP contribution in [-0.4, -0.2) is 6.61 Å². The van der Waals surface area contributed by atoms with E-state index in [1.807, 2.05) is 19.1 Å². The predicted octanol–water partition coefficient (Wildman–Crippen LogP) is 4.14. The number of allylic oxidation sites excluding steroid dienone is 1. The lowest BCUT2D eigenvalue weighted by Crippen LogP contribution is -1.94. The van der Waals surface area contributed by atoms with Crippen LogP contribution < -0.4 is 4.74 Å². The Labute approximate surface area is 93.9 Å². The fourth-order valence-electron chi connectivity index (χ4n) is 1.23. The second-order valence-electron chi connectivity index (χ2n) is 3.18. The van der Waals surface area contributed by atoms with Gasteiger partial charge in [-0.3, -0.25) is 0 Å². The van der Waals surface area contributed by atoms with Crippen molar-refractivity contribution in [3.8, 4) is 5.75 Å². The van der Waals surface area contributed by atoms with Crippen LogP contribution in [0.25, 0.3) is 0 Å². The van der Waals surface area contributed by atoms with E-state index in [1.54, 1.807) is 0 Å². The second kappa shape index (κ2) is 5.20. The third-order valence-electron chi connectivity index (χ3n) is 2.08. The Kier molecular flexibility index (Phi) is 4.21. The van der Waals surface area contributed by atoms with Crippen molar-refractivity contribution >= 4 is 15.9 Å². The van der Waals surface area contributed by atoms with E-state index in [2.05, 4.69) is 41.6 Å². The monoisotopic (exact) mass is 254 g/mol. The highest BCUT2D eigenvalue weighted by atomic mass is 79.9. The molecule has 0 spiro atoms. The Morgan fingerprint density at radius 3 is 2.79 bits per heavy atom. The molecule has 0 amide bonds. The minimum atomic E-state index is 0.353. The van der Waals surface area contributed by atoms with Gasteiger partial charge in [-0.2, -0.15) is 0 Å². The Morgan fingerprint density at radius 1 is 1.50 bits per heavy atom. The molecule has 1 nitrogen and oxygen atoms in total. The number of hydrogen-bond donors (Lipinski definition) is 0. The van der Waals surface area contributed by atoms with Crippen molar-refractivity contribution in [3.05, 3.63) is 40.9 Å². The molecule has 1 rings (SSSR count). The Hall–Kier alpha value is -0.760. The summed E-state index contributed by atoms with van der Waals surface area (Å²) >= 11 is 3.47. The number of rotatable bonds is 4. The molecule has 0 aliphatic rings. The zero-order valence-corrected chi connectivity index (χ0v) is 10.2. The zero-order valence-electron chi connectivity index (χ0n) is 8.59. The molecule has 0 fully saturated rings. The van der Waals surface area contributed by atoms with E-state index >= 15 is 0 Å². The molecule has 0 saturated heterocycles. The van der Waals surface area contributed by atoms with Gasteiger partial charge in [0, 0.05) is 4.47 Å². The lowest BCUT2D eigenvalue weighted by atomic mass is 10.0. The fourth-order valence-corrected chi connectivity index (χ4v) is 1.72. The standard InChI is InChI=1S/C12H15BrO/c1-4-9(3)10-6-11(13)8-12(7-10)14-5-2/h4,6-9H,1,5H2,2-3H3. The van der Waals surface area contributed by atoms with Crippen molar-refractivity contribution in [1.29, 1.82) is 0 Å². The summed E-state index contributed by atoms with van der Waals surface area (Å²) in [7, 11) is 0. The van der Waals surface area contributed by atoms with Crippen molar-refractivity contribution < 1.29 is 4.74 Å². The third kappa shape index (κ3) is 2.88. The van der Waals surface area contributed by atoms with Gasteiger partial charge in [0.25, 0.3) is 0 Å². The van der Waals surface area contributed by atoms with Gasteiger partial charge in [0.05, 0.1) is 6.61 Å². The smallest absolute Gasteiger partial charge is 0.120 e. The van der Waals surface area contributed by atoms with Gasteiger partial charge >= 0.3 is 0 Å². The van der Waals surface area contributed by atoms with Crippen LogP contribution in [0, 0.1) is 0 Å². The first-order valence-corrected chi connectivity index (χ1v) is 5.52. The van der Waals surface area contributed by atoms with Gasteiger partial charge < -0.3 is 4.74 Å². The van der Waals surface area contributed by atoms with E-state index in [4.69, 9.17) is 4.74 Å². The van der Waals surface area contributed by atoms with Crippen molar-refractivity contribution in [2.24, 2.45) is 0 Å². The molecule has 0 bridgehead atoms. The van der Waals surface area contributed by atoms with E-state index < -0.39 is 0 Å². The van der Waals surface area contributed by atoms with Crippen LogP contribution in [0.5, 0.6) is 5.75 Å². The van der Waals surface area contributed by atoms with E-state index in [9.17, 15) is 0 Å². The first kappa shape index (κ1) is 11.3. The highest BCUT2D eigenvalue weighted by Crippen LogP contribution is 2.26. The lowest BCUT2D eigenvalue weighted by molar-refractivity contribution is 0.339. The van der Waals surface area contributed by atoms with Gasteiger partial charge in [-0.1, -0.05) is 28.9 Å². The topological polar surface area (TPSA) is 9.23 Å². The molecule has 0 aromatic heterocycles. The molecule has 14 heavy (non-hydrogen) atoms. The Morgan fingerprint density at radius 2 is 2.21 bits per heavy atom. The quantitative estimate of drug-likeness (QED) is 0.735. The third-order valence-corrected chi connectivity index (χ3v) is 2.54. The maximum absolute atomic E-state index is 5.46. The van der Waals surface area contributed by atoms with Crippen LogP contribution in [0.15, 0.2) is 35.3 Å². The summed E-state index contributed by atoms with van der Waals surface area (Å²) in [5.41, 5.74) is 1.22. The molecule has 76 valence electrons. The number of ether oxygens (including phenoxy) is 1. The molecule has 0 heterocycles. The van der Waals surface area contributed by atoms with Gasteiger partial charge in [0.2, 0.25) is 0 Å². The van der Waals surface area contributed by atoms with E-state index in [0.717, 1.165) is 10.2 Å². The minimum absolute atomic E-state index is 0.353. The second-order valence-corrected chi connectivity index (χ2v) is 4.09. The molecular formula is C12H15BrO. The summed E-state index contributed by atoms with van der Waals surface area (Å²) in [4.78, 5) is 0. The SMILES string of the molecule is C=CC(C)c1cc(Br)cc(OCC)c1. The molecule has 0 radical (unpaired) electrons. The van der Waals surface area contributed by atoms with Crippen LogP contribution in [-0.2, 0) is 0 Å². The molecule has 1 unspecified atom stereocenters. The molecule has 0 saturated carbocycles. The highest BCUT2D eigenvalue weighted by molar-refractivity contribution is 9.10. The normalized spacial score (nSPS) is 12.2. The lowest BCUT2D eigenvalue weighted by Gasteiger charge is -2.10. The molecule has 2 heteroatoms. The molecule has 1 aromatic rings. The van der Waals surface area contributed by atoms with Crippen molar-refractivity contribution in [3.63, 3.8) is 0 Å². The van der Waals surface area contributed by atoms with Crippen LogP contribution in [0.3, 0.4) is 0 Å². The van der Waals surface area contributed by atoms with Crippen molar-refractivity contribution in [2.45, 2.75) is 19.8 Å². The summed E-state index contributed by atoms with van der Waals surface area (Å²) in [6.45, 7) is 8.58. The first-order chi connectivity index (χ1) is 6.67. The Balaban J connectivity index is 3.00. The van der Waals surface area contributed by atoms with E-state index in [1.165, 1.54) is 5.56 Å². The number of hydrogen-bond acceptors (Lipinski definition) is 1. The van der Waals surface area contributed by atoms with Crippen LogP contribution in [0.1, 0.15) is 25.3 Å². The summed E-state index contributed by atoms with van der Waals surface area (Å²) in [5.74, 6) is 1.26. The van der Waals surface area contributed by atoms with Crippen LogP contribution in [0.4, 0.5) is 0 Å². The average Bonchev–Trinajstić information content (AvgIpc) is 2.16. The first-order valence-electron chi connectivity index (χ1n) is 4.73. The molecular weight excluding hydrogens is 240 g/mol. The largest absolute Gasteiger partial charge is 0.494 e. The molecule has 0 aliphatic heterocycles. The fraction of sp³-hybridized carbons (Fsp3) is 0.333. The van der Waals surface area contributed by atoms with Crippen LogP contribution in [0.2, 0.25) is 0 Å². The number of halogens is 1. The zero-order chi connectivity index (χ0) is 10.6. The minimum Gasteiger partial charge on any atom is -0.494 e. The highest BCUT2D eigenvalue weighted by Gasteiger charge is 2.04. The van der Waals surface area contributed by atoms with Crippen LogP contribution >= 0.6 is 15.9 Å².